The largest absolute Gasteiger partial charge is 0.396 e. The molecule has 2 heteroatoms. The highest BCUT2D eigenvalue weighted by Crippen LogP contribution is 2.26. The molecule has 0 radical (unpaired) electrons. The Balaban J connectivity index is 2.23. The van der Waals surface area contributed by atoms with E-state index in [1.807, 2.05) is 0 Å². The summed E-state index contributed by atoms with van der Waals surface area (Å²) >= 11 is 0. The minimum absolute atomic E-state index is 0.189. The van der Waals surface area contributed by atoms with Gasteiger partial charge in [-0.3, -0.25) is 0 Å². The fourth-order valence-corrected chi connectivity index (χ4v) is 1.91. The van der Waals surface area contributed by atoms with Gasteiger partial charge < -0.3 is 10.2 Å². The molecule has 2 N–H and O–H groups in total. The lowest BCUT2D eigenvalue weighted by atomic mass is 9.85. The van der Waals surface area contributed by atoms with Gasteiger partial charge in [0.15, 0.2) is 0 Å². The Morgan fingerprint density at radius 3 is 2.57 bits per heavy atom. The molecule has 1 unspecified atom stereocenters. The molecule has 14 heavy (non-hydrogen) atoms. The van der Waals surface area contributed by atoms with Gasteiger partial charge in [0.25, 0.3) is 0 Å². The van der Waals surface area contributed by atoms with Crippen LogP contribution in [0.5, 0.6) is 0 Å². The number of hydrogen-bond acceptors (Lipinski definition) is 2. The molecule has 0 heterocycles. The first-order chi connectivity index (χ1) is 6.84. The Bertz CT molecular complexity index is 196. The third kappa shape index (κ3) is 4.13. The summed E-state index contributed by atoms with van der Waals surface area (Å²) < 4.78 is 0. The number of aliphatic hydroxyl groups excluding tert-OH is 2. The standard InChI is InChI=1S/C12H20O2/c13-10-6-2-5-9-12(14)11-7-3-1-4-8-11/h11-14H,1-4,6-8,10H2. The number of rotatable bonds is 3. The summed E-state index contributed by atoms with van der Waals surface area (Å²) in [7, 11) is 0. The van der Waals surface area contributed by atoms with Crippen LogP contribution in [0.4, 0.5) is 0 Å². The van der Waals surface area contributed by atoms with Crippen LogP contribution in [0.2, 0.25) is 0 Å². The molecule has 1 saturated carbocycles. The molecule has 0 aromatic carbocycles. The zero-order chi connectivity index (χ0) is 10.2. The van der Waals surface area contributed by atoms with Crippen LogP contribution in [0.3, 0.4) is 0 Å². The van der Waals surface area contributed by atoms with Crippen LogP contribution in [-0.2, 0) is 0 Å². The highest BCUT2D eigenvalue weighted by molar-refractivity contribution is 5.06. The van der Waals surface area contributed by atoms with Crippen LogP contribution in [0, 0.1) is 17.8 Å². The van der Waals surface area contributed by atoms with Crippen molar-refractivity contribution in [3.05, 3.63) is 0 Å². The highest BCUT2D eigenvalue weighted by atomic mass is 16.3. The number of hydrogen-bond donors (Lipinski definition) is 2. The molecule has 2 nitrogen and oxygen atoms in total. The predicted octanol–water partition coefficient (Wildman–Crippen LogP) is 1.70. The Kier molecular flexibility index (Phi) is 5.66. The van der Waals surface area contributed by atoms with E-state index in [2.05, 4.69) is 11.8 Å². The van der Waals surface area contributed by atoms with Gasteiger partial charge in [0.1, 0.15) is 6.10 Å². The molecule has 80 valence electrons. The van der Waals surface area contributed by atoms with E-state index in [-0.39, 0.29) is 6.61 Å². The lowest BCUT2D eigenvalue weighted by molar-refractivity contribution is 0.133. The lowest BCUT2D eigenvalue weighted by Gasteiger charge is -2.23. The van der Waals surface area contributed by atoms with Crippen molar-refractivity contribution in [2.45, 2.75) is 51.0 Å². The molecule has 0 bridgehead atoms. The minimum Gasteiger partial charge on any atom is -0.396 e. The zero-order valence-electron chi connectivity index (χ0n) is 8.71. The second-order valence-electron chi connectivity index (χ2n) is 3.99. The van der Waals surface area contributed by atoms with Crippen LogP contribution in [-0.4, -0.2) is 22.9 Å². The van der Waals surface area contributed by atoms with Crippen molar-refractivity contribution in [1.29, 1.82) is 0 Å². The van der Waals surface area contributed by atoms with Crippen molar-refractivity contribution in [3.8, 4) is 11.8 Å². The van der Waals surface area contributed by atoms with E-state index in [1.165, 1.54) is 19.3 Å². The van der Waals surface area contributed by atoms with Gasteiger partial charge in [-0.15, -0.1) is 5.92 Å². The summed E-state index contributed by atoms with van der Waals surface area (Å²) in [6.45, 7) is 0.189. The highest BCUT2D eigenvalue weighted by Gasteiger charge is 2.19. The molecule has 1 rings (SSSR count). The SMILES string of the molecule is OCCCC#CC(O)C1CCCCC1. The van der Waals surface area contributed by atoms with Gasteiger partial charge in [0, 0.05) is 13.0 Å². The first-order valence-electron chi connectivity index (χ1n) is 5.62. The van der Waals surface area contributed by atoms with Crippen molar-refractivity contribution in [2.24, 2.45) is 5.92 Å². The average molecular weight is 196 g/mol. The molecule has 1 aliphatic rings. The smallest absolute Gasteiger partial charge is 0.117 e. The Labute approximate surface area is 86.3 Å². The van der Waals surface area contributed by atoms with Crippen LogP contribution in [0.25, 0.3) is 0 Å². The van der Waals surface area contributed by atoms with Crippen molar-refractivity contribution in [3.63, 3.8) is 0 Å². The summed E-state index contributed by atoms with van der Waals surface area (Å²) in [4.78, 5) is 0. The van der Waals surface area contributed by atoms with Crippen LogP contribution >= 0.6 is 0 Å². The zero-order valence-corrected chi connectivity index (χ0v) is 8.71. The van der Waals surface area contributed by atoms with E-state index in [4.69, 9.17) is 5.11 Å². The van der Waals surface area contributed by atoms with Gasteiger partial charge in [0.2, 0.25) is 0 Å². The van der Waals surface area contributed by atoms with E-state index < -0.39 is 6.10 Å². The molecule has 0 aromatic rings. The first kappa shape index (κ1) is 11.6. The van der Waals surface area contributed by atoms with E-state index in [0.717, 1.165) is 12.8 Å². The molecule has 0 saturated heterocycles. The number of unbranched alkanes of at least 4 members (excludes halogenated alkanes) is 1. The van der Waals surface area contributed by atoms with Gasteiger partial charge in [0.05, 0.1) is 0 Å². The molecule has 0 aliphatic heterocycles. The van der Waals surface area contributed by atoms with Crippen LogP contribution < -0.4 is 0 Å². The summed E-state index contributed by atoms with van der Waals surface area (Å²) in [5, 5.41) is 18.3. The maximum Gasteiger partial charge on any atom is 0.117 e. The molecule has 1 fully saturated rings. The first-order valence-corrected chi connectivity index (χ1v) is 5.62. The molecule has 0 spiro atoms. The molecule has 1 atom stereocenters. The van der Waals surface area contributed by atoms with E-state index in [0.29, 0.717) is 18.8 Å². The summed E-state index contributed by atoms with van der Waals surface area (Å²) in [6, 6.07) is 0. The topological polar surface area (TPSA) is 40.5 Å². The van der Waals surface area contributed by atoms with Crippen LogP contribution in [0.15, 0.2) is 0 Å². The van der Waals surface area contributed by atoms with Gasteiger partial charge >= 0.3 is 0 Å². The van der Waals surface area contributed by atoms with Gasteiger partial charge in [-0.1, -0.05) is 25.2 Å². The number of aliphatic hydroxyl groups is 2. The van der Waals surface area contributed by atoms with E-state index >= 15 is 0 Å². The van der Waals surface area contributed by atoms with Gasteiger partial charge in [-0.2, -0.15) is 0 Å². The summed E-state index contributed by atoms with van der Waals surface area (Å²) in [6.07, 6.45) is 6.99. The fourth-order valence-electron chi connectivity index (χ4n) is 1.91. The average Bonchev–Trinajstić information content (AvgIpc) is 2.25. The van der Waals surface area contributed by atoms with Gasteiger partial charge in [-0.25, -0.2) is 0 Å². The minimum atomic E-state index is -0.436. The lowest BCUT2D eigenvalue weighted by Crippen LogP contribution is -2.21. The normalized spacial score (nSPS) is 19.9. The third-order valence-corrected chi connectivity index (χ3v) is 2.81. The van der Waals surface area contributed by atoms with Gasteiger partial charge in [-0.05, 0) is 25.2 Å². The predicted molar refractivity (Wildman–Crippen MR) is 56.7 cm³/mol. The molecule has 1 aliphatic carbocycles. The monoisotopic (exact) mass is 196 g/mol. The second kappa shape index (κ2) is 6.86. The maximum atomic E-state index is 9.74. The second-order valence-corrected chi connectivity index (χ2v) is 3.99. The third-order valence-electron chi connectivity index (χ3n) is 2.81. The van der Waals surface area contributed by atoms with Crippen LogP contribution in [0.1, 0.15) is 44.9 Å². The van der Waals surface area contributed by atoms with Crippen molar-refractivity contribution in [1.82, 2.24) is 0 Å². The van der Waals surface area contributed by atoms with Crippen molar-refractivity contribution >= 4 is 0 Å². The van der Waals surface area contributed by atoms with E-state index in [9.17, 15) is 5.11 Å². The van der Waals surface area contributed by atoms with Crippen molar-refractivity contribution < 1.29 is 10.2 Å². The molecular formula is C12H20O2. The molecule has 0 amide bonds. The van der Waals surface area contributed by atoms with Crippen molar-refractivity contribution in [2.75, 3.05) is 6.61 Å². The summed E-state index contributed by atoms with van der Waals surface area (Å²) in [5.41, 5.74) is 0. The maximum absolute atomic E-state index is 9.74. The van der Waals surface area contributed by atoms with E-state index in [1.54, 1.807) is 0 Å². The Morgan fingerprint density at radius 2 is 1.93 bits per heavy atom. The Hall–Kier alpha value is -0.520. The summed E-state index contributed by atoms with van der Waals surface area (Å²) in [5.74, 6) is 6.20. The molecular weight excluding hydrogens is 176 g/mol. The fraction of sp³-hybridized carbons (Fsp3) is 0.833. The quantitative estimate of drug-likeness (QED) is 0.533. The molecule has 0 aromatic heterocycles. The Morgan fingerprint density at radius 1 is 1.21 bits per heavy atom.